The average molecular weight is 286 g/mol. The molecule has 0 aliphatic carbocycles. The van der Waals surface area contributed by atoms with Gasteiger partial charge in [0.15, 0.2) is 0 Å². The minimum atomic E-state index is -0.473. The number of phenols is 2. The summed E-state index contributed by atoms with van der Waals surface area (Å²) in [4.78, 5) is 12.2. The number of nitrogens with one attached hydrogen (secondary N) is 2. The largest absolute Gasteiger partial charge is 0.508 e. The van der Waals surface area contributed by atoms with Gasteiger partial charge in [0.2, 0.25) is 0 Å². The van der Waals surface area contributed by atoms with E-state index in [1.54, 1.807) is 6.07 Å². The zero-order valence-corrected chi connectivity index (χ0v) is 11.9. The lowest BCUT2D eigenvalue weighted by Gasteiger charge is -2.16. The van der Waals surface area contributed by atoms with E-state index in [2.05, 4.69) is 10.6 Å². The number of rotatable bonds is 4. The molecule has 1 amide bonds. The number of hydrogen-bond acceptors (Lipinski definition) is 4. The van der Waals surface area contributed by atoms with Gasteiger partial charge in [-0.1, -0.05) is 18.2 Å². The van der Waals surface area contributed by atoms with Crippen molar-refractivity contribution in [1.82, 2.24) is 5.32 Å². The molecule has 4 N–H and O–H groups in total. The molecule has 0 bridgehead atoms. The number of carbonyl (C=O) groups is 1. The summed E-state index contributed by atoms with van der Waals surface area (Å²) >= 11 is 0. The van der Waals surface area contributed by atoms with E-state index >= 15 is 0 Å². The molecule has 21 heavy (non-hydrogen) atoms. The lowest BCUT2D eigenvalue weighted by atomic mass is 10.1. The quantitative estimate of drug-likeness (QED) is 0.651. The molecule has 0 aliphatic rings. The van der Waals surface area contributed by atoms with Gasteiger partial charge in [0.25, 0.3) is 5.91 Å². The van der Waals surface area contributed by atoms with Crippen molar-refractivity contribution in [2.24, 2.45) is 0 Å². The molecule has 0 heterocycles. The van der Waals surface area contributed by atoms with Crippen LogP contribution in [0.25, 0.3) is 0 Å². The van der Waals surface area contributed by atoms with E-state index in [-0.39, 0.29) is 23.1 Å². The number of carbonyl (C=O) groups excluding carboxylic acids is 1. The number of amides is 1. The first kappa shape index (κ1) is 14.9. The van der Waals surface area contributed by atoms with Gasteiger partial charge >= 0.3 is 0 Å². The fourth-order valence-electron chi connectivity index (χ4n) is 2.04. The van der Waals surface area contributed by atoms with Crippen molar-refractivity contribution in [1.29, 1.82) is 0 Å². The number of hydrogen-bond donors (Lipinski definition) is 4. The molecule has 1 atom stereocenters. The number of para-hydroxylation sites is 1. The van der Waals surface area contributed by atoms with Gasteiger partial charge in [-0.3, -0.25) is 4.79 Å². The fraction of sp³-hybridized carbons (Fsp3) is 0.188. The minimum Gasteiger partial charge on any atom is -0.508 e. The summed E-state index contributed by atoms with van der Waals surface area (Å²) in [5.74, 6) is -0.724. The summed E-state index contributed by atoms with van der Waals surface area (Å²) in [6.07, 6.45) is 0. The molecule has 2 rings (SSSR count). The van der Waals surface area contributed by atoms with Crippen molar-refractivity contribution < 1.29 is 15.0 Å². The third-order valence-corrected chi connectivity index (χ3v) is 3.33. The van der Waals surface area contributed by atoms with Crippen LogP contribution in [0.3, 0.4) is 0 Å². The molecule has 2 aromatic carbocycles. The second kappa shape index (κ2) is 6.28. The Bertz CT molecular complexity index is 656. The monoisotopic (exact) mass is 286 g/mol. The molecule has 0 saturated heterocycles. The van der Waals surface area contributed by atoms with Crippen LogP contribution in [0, 0.1) is 0 Å². The van der Waals surface area contributed by atoms with Gasteiger partial charge in [-0.05, 0) is 43.8 Å². The Hall–Kier alpha value is -2.53. The Kier molecular flexibility index (Phi) is 4.45. The van der Waals surface area contributed by atoms with Crippen LogP contribution in [-0.4, -0.2) is 23.2 Å². The Balaban J connectivity index is 2.30. The van der Waals surface area contributed by atoms with Crippen LogP contribution in [0.2, 0.25) is 0 Å². The third kappa shape index (κ3) is 3.32. The second-order valence-electron chi connectivity index (χ2n) is 4.75. The first-order valence-electron chi connectivity index (χ1n) is 6.62. The summed E-state index contributed by atoms with van der Waals surface area (Å²) in [5, 5.41) is 25.0. The number of aromatic hydroxyl groups is 2. The summed E-state index contributed by atoms with van der Waals surface area (Å²) in [6.45, 7) is 1.98. The molecule has 0 spiro atoms. The molecule has 5 heteroatoms. The Labute approximate surface area is 123 Å². The van der Waals surface area contributed by atoms with Crippen LogP contribution in [0.15, 0.2) is 42.5 Å². The van der Waals surface area contributed by atoms with Crippen molar-refractivity contribution in [2.45, 2.75) is 13.0 Å². The van der Waals surface area contributed by atoms with E-state index in [1.165, 1.54) is 18.2 Å². The molecule has 2 aromatic rings. The van der Waals surface area contributed by atoms with Gasteiger partial charge in [0.1, 0.15) is 11.5 Å². The molecular formula is C16H18N2O3. The summed E-state index contributed by atoms with van der Waals surface area (Å²) < 4.78 is 0. The summed E-state index contributed by atoms with van der Waals surface area (Å²) in [6, 6.07) is 11.3. The van der Waals surface area contributed by atoms with Gasteiger partial charge in [0, 0.05) is 11.7 Å². The highest BCUT2D eigenvalue weighted by Crippen LogP contribution is 2.26. The highest BCUT2D eigenvalue weighted by Gasteiger charge is 2.15. The first-order chi connectivity index (χ1) is 10.0. The maximum Gasteiger partial charge on any atom is 0.259 e. The molecular weight excluding hydrogens is 268 g/mol. The van der Waals surface area contributed by atoms with E-state index in [0.29, 0.717) is 5.69 Å². The summed E-state index contributed by atoms with van der Waals surface area (Å²) in [5.41, 5.74) is 1.63. The van der Waals surface area contributed by atoms with Crippen LogP contribution < -0.4 is 10.6 Å². The Morgan fingerprint density at radius 1 is 1.14 bits per heavy atom. The Morgan fingerprint density at radius 3 is 2.57 bits per heavy atom. The van der Waals surface area contributed by atoms with Crippen molar-refractivity contribution in [3.8, 4) is 11.5 Å². The maximum atomic E-state index is 12.2. The van der Waals surface area contributed by atoms with Gasteiger partial charge in [-0.2, -0.15) is 0 Å². The maximum absolute atomic E-state index is 12.2. The van der Waals surface area contributed by atoms with Crippen LogP contribution in [0.5, 0.6) is 11.5 Å². The first-order valence-corrected chi connectivity index (χ1v) is 6.62. The van der Waals surface area contributed by atoms with Gasteiger partial charge in [-0.25, -0.2) is 0 Å². The lowest BCUT2D eigenvalue weighted by Crippen LogP contribution is -2.18. The molecule has 0 saturated carbocycles. The van der Waals surface area contributed by atoms with Crippen LogP contribution in [0.1, 0.15) is 28.9 Å². The van der Waals surface area contributed by atoms with E-state index in [1.807, 2.05) is 32.2 Å². The van der Waals surface area contributed by atoms with E-state index in [4.69, 9.17) is 0 Å². The van der Waals surface area contributed by atoms with Crippen molar-refractivity contribution in [2.75, 3.05) is 12.4 Å². The molecule has 1 unspecified atom stereocenters. The second-order valence-corrected chi connectivity index (χ2v) is 4.75. The molecule has 110 valence electrons. The van der Waals surface area contributed by atoms with Crippen LogP contribution in [0.4, 0.5) is 5.69 Å². The average Bonchev–Trinajstić information content (AvgIpc) is 2.49. The topological polar surface area (TPSA) is 81.6 Å². The van der Waals surface area contributed by atoms with Crippen molar-refractivity contribution >= 4 is 11.6 Å². The molecule has 0 radical (unpaired) electrons. The van der Waals surface area contributed by atoms with E-state index in [0.717, 1.165) is 5.56 Å². The smallest absolute Gasteiger partial charge is 0.259 e. The molecule has 0 aromatic heterocycles. The third-order valence-electron chi connectivity index (χ3n) is 3.33. The minimum absolute atomic E-state index is 0.0295. The van der Waals surface area contributed by atoms with Crippen molar-refractivity contribution in [3.05, 3.63) is 53.6 Å². The predicted molar refractivity (Wildman–Crippen MR) is 81.6 cm³/mol. The molecule has 5 nitrogen and oxygen atoms in total. The predicted octanol–water partition coefficient (Wildman–Crippen LogP) is 2.63. The number of anilines is 1. The van der Waals surface area contributed by atoms with E-state index < -0.39 is 5.91 Å². The van der Waals surface area contributed by atoms with Gasteiger partial charge < -0.3 is 20.8 Å². The lowest BCUT2D eigenvalue weighted by molar-refractivity contribution is 0.102. The van der Waals surface area contributed by atoms with Crippen molar-refractivity contribution in [3.63, 3.8) is 0 Å². The molecule has 0 aliphatic heterocycles. The summed E-state index contributed by atoms with van der Waals surface area (Å²) in [7, 11) is 1.84. The van der Waals surface area contributed by atoms with Gasteiger partial charge in [-0.15, -0.1) is 0 Å². The highest BCUT2D eigenvalue weighted by atomic mass is 16.3. The standard InChI is InChI=1S/C16H18N2O3/c1-10(17-2)12-5-3-4-6-14(12)18-16(21)13-9-11(19)7-8-15(13)20/h3-10,17,19-20H,1-2H3,(H,18,21). The normalized spacial score (nSPS) is 11.9. The van der Waals surface area contributed by atoms with Crippen LogP contribution in [-0.2, 0) is 0 Å². The van der Waals surface area contributed by atoms with E-state index in [9.17, 15) is 15.0 Å². The SMILES string of the molecule is CNC(C)c1ccccc1NC(=O)c1cc(O)ccc1O. The zero-order chi connectivity index (χ0) is 15.4. The van der Waals surface area contributed by atoms with Gasteiger partial charge in [0.05, 0.1) is 5.56 Å². The zero-order valence-electron chi connectivity index (χ0n) is 11.9. The Morgan fingerprint density at radius 2 is 1.86 bits per heavy atom. The van der Waals surface area contributed by atoms with Crippen LogP contribution >= 0.6 is 0 Å². The number of benzene rings is 2. The molecule has 0 fully saturated rings. The highest BCUT2D eigenvalue weighted by molar-refractivity contribution is 6.06. The fourth-order valence-corrected chi connectivity index (χ4v) is 2.04. The number of phenolic OH excluding ortho intramolecular Hbond substituents is 2.